The molecular weight excluding hydrogens is 312 g/mol. The molecule has 0 fully saturated rings. The van der Waals surface area contributed by atoms with Gasteiger partial charge in [-0.05, 0) is 43.1 Å². The minimum atomic E-state index is 0.175. The van der Waals surface area contributed by atoms with Gasteiger partial charge in [-0.2, -0.15) is 5.10 Å². The molecule has 0 spiro atoms. The topological polar surface area (TPSA) is 54.2 Å². The highest BCUT2D eigenvalue weighted by Gasteiger charge is 2.17. The number of hydrogen-bond donors (Lipinski definition) is 1. The molecule has 0 saturated carbocycles. The molecule has 1 heterocycles. The quantitative estimate of drug-likeness (QED) is 0.720. The molecule has 0 bridgehead atoms. The second-order valence-corrected chi connectivity index (χ2v) is 6.31. The van der Waals surface area contributed by atoms with Gasteiger partial charge in [0, 0.05) is 19.2 Å². The van der Waals surface area contributed by atoms with Crippen LogP contribution >= 0.6 is 0 Å². The van der Waals surface area contributed by atoms with Crippen molar-refractivity contribution in [3.8, 4) is 5.69 Å². The van der Waals surface area contributed by atoms with Crippen LogP contribution in [0.5, 0.6) is 0 Å². The fraction of sp³-hybridized carbons (Fsp3) is 0.300. The predicted octanol–water partition coefficient (Wildman–Crippen LogP) is 3.13. The zero-order valence-electron chi connectivity index (χ0n) is 14.7. The largest absolute Gasteiger partial charge is 0.396 e. The van der Waals surface area contributed by atoms with E-state index in [-0.39, 0.29) is 12.6 Å². The Morgan fingerprint density at radius 1 is 1.16 bits per heavy atom. The van der Waals surface area contributed by atoms with Crippen LogP contribution in [0.4, 0.5) is 0 Å². The van der Waals surface area contributed by atoms with Crippen molar-refractivity contribution in [3.05, 3.63) is 77.9 Å². The third-order valence-electron chi connectivity index (χ3n) is 4.48. The SMILES string of the molecule is Cc1cc(CN(C)C(CCO)c2ccccc2)ccc1-n1cncn1. The van der Waals surface area contributed by atoms with Gasteiger partial charge in [-0.25, -0.2) is 9.67 Å². The smallest absolute Gasteiger partial charge is 0.138 e. The van der Waals surface area contributed by atoms with Crippen molar-refractivity contribution in [1.29, 1.82) is 0 Å². The second kappa shape index (κ2) is 8.05. The van der Waals surface area contributed by atoms with E-state index in [0.717, 1.165) is 24.2 Å². The van der Waals surface area contributed by atoms with E-state index in [4.69, 9.17) is 0 Å². The molecule has 0 aliphatic heterocycles. The van der Waals surface area contributed by atoms with Gasteiger partial charge in [0.15, 0.2) is 0 Å². The van der Waals surface area contributed by atoms with E-state index >= 15 is 0 Å². The van der Waals surface area contributed by atoms with Gasteiger partial charge in [-0.3, -0.25) is 4.90 Å². The molecule has 0 amide bonds. The number of aliphatic hydroxyl groups is 1. The molecule has 0 aliphatic rings. The van der Waals surface area contributed by atoms with Gasteiger partial charge in [0.1, 0.15) is 12.7 Å². The molecule has 3 rings (SSSR count). The van der Waals surface area contributed by atoms with Crippen LogP contribution in [0.25, 0.3) is 5.69 Å². The summed E-state index contributed by atoms with van der Waals surface area (Å²) < 4.78 is 1.78. The maximum atomic E-state index is 9.46. The minimum absolute atomic E-state index is 0.175. The lowest BCUT2D eigenvalue weighted by Crippen LogP contribution is -2.25. The maximum absolute atomic E-state index is 9.46. The lowest BCUT2D eigenvalue weighted by molar-refractivity contribution is 0.180. The van der Waals surface area contributed by atoms with Crippen LogP contribution in [0.1, 0.15) is 29.2 Å². The highest BCUT2D eigenvalue weighted by atomic mass is 16.3. The Bertz CT molecular complexity index is 787. The van der Waals surface area contributed by atoms with Crippen LogP contribution in [0, 0.1) is 6.92 Å². The third-order valence-corrected chi connectivity index (χ3v) is 4.48. The standard InChI is InChI=1S/C20H24N4O/c1-16-12-17(8-9-19(16)24-15-21-14-22-24)13-23(2)20(10-11-25)18-6-4-3-5-7-18/h3-9,12,14-15,20,25H,10-11,13H2,1-2H3. The summed E-state index contributed by atoms with van der Waals surface area (Å²) in [6, 6.07) is 16.9. The van der Waals surface area contributed by atoms with E-state index in [1.54, 1.807) is 17.3 Å². The number of aromatic nitrogens is 3. The van der Waals surface area contributed by atoms with Crippen LogP contribution in [0.2, 0.25) is 0 Å². The molecule has 2 aromatic carbocycles. The summed E-state index contributed by atoms with van der Waals surface area (Å²) in [5.74, 6) is 0. The van der Waals surface area contributed by atoms with E-state index in [1.165, 1.54) is 11.1 Å². The normalized spacial score (nSPS) is 12.5. The van der Waals surface area contributed by atoms with Crippen LogP contribution < -0.4 is 0 Å². The Morgan fingerprint density at radius 2 is 1.96 bits per heavy atom. The van der Waals surface area contributed by atoms with Gasteiger partial charge < -0.3 is 5.11 Å². The maximum Gasteiger partial charge on any atom is 0.138 e. The summed E-state index contributed by atoms with van der Waals surface area (Å²) >= 11 is 0. The number of hydrogen-bond acceptors (Lipinski definition) is 4. The van der Waals surface area contributed by atoms with Gasteiger partial charge >= 0.3 is 0 Å². The summed E-state index contributed by atoms with van der Waals surface area (Å²) in [4.78, 5) is 6.29. The molecule has 5 heteroatoms. The molecule has 130 valence electrons. The fourth-order valence-electron chi connectivity index (χ4n) is 3.24. The van der Waals surface area contributed by atoms with Crippen molar-refractivity contribution in [2.75, 3.05) is 13.7 Å². The molecular formula is C20H24N4O. The third kappa shape index (κ3) is 4.13. The van der Waals surface area contributed by atoms with Crippen LogP contribution in [-0.2, 0) is 6.54 Å². The average Bonchev–Trinajstić information content (AvgIpc) is 3.15. The zero-order chi connectivity index (χ0) is 17.6. The van der Waals surface area contributed by atoms with Crippen molar-refractivity contribution in [2.45, 2.75) is 25.9 Å². The molecule has 0 saturated heterocycles. The Kier molecular flexibility index (Phi) is 5.58. The number of rotatable bonds is 7. The summed E-state index contributed by atoms with van der Waals surface area (Å²) in [7, 11) is 2.11. The summed E-state index contributed by atoms with van der Waals surface area (Å²) in [5.41, 5.74) is 4.67. The Labute approximate surface area is 148 Å². The highest BCUT2D eigenvalue weighted by molar-refractivity contribution is 5.41. The number of aliphatic hydroxyl groups excluding tert-OH is 1. The zero-order valence-corrected chi connectivity index (χ0v) is 14.7. The van der Waals surface area contributed by atoms with Crippen LogP contribution in [0.15, 0.2) is 61.2 Å². The molecule has 25 heavy (non-hydrogen) atoms. The number of nitrogens with zero attached hydrogens (tertiary/aromatic N) is 4. The first-order valence-electron chi connectivity index (χ1n) is 8.49. The van der Waals surface area contributed by atoms with E-state index in [1.807, 2.05) is 18.2 Å². The Hall–Kier alpha value is -2.50. The Morgan fingerprint density at radius 3 is 2.60 bits per heavy atom. The van der Waals surface area contributed by atoms with E-state index in [0.29, 0.717) is 0 Å². The van der Waals surface area contributed by atoms with Crippen molar-refractivity contribution < 1.29 is 5.11 Å². The average molecular weight is 336 g/mol. The van der Waals surface area contributed by atoms with Crippen LogP contribution in [0.3, 0.4) is 0 Å². The lowest BCUT2D eigenvalue weighted by atomic mass is 10.0. The van der Waals surface area contributed by atoms with Crippen molar-refractivity contribution in [1.82, 2.24) is 19.7 Å². The van der Waals surface area contributed by atoms with Crippen LogP contribution in [-0.4, -0.2) is 38.4 Å². The molecule has 3 aromatic rings. The van der Waals surface area contributed by atoms with Gasteiger partial charge in [-0.1, -0.05) is 42.5 Å². The summed E-state index contributed by atoms with van der Waals surface area (Å²) in [6.45, 7) is 3.08. The molecule has 0 aliphatic carbocycles. The molecule has 1 N–H and O–H groups in total. The fourth-order valence-corrected chi connectivity index (χ4v) is 3.24. The summed E-state index contributed by atoms with van der Waals surface area (Å²) in [6.07, 6.45) is 3.97. The first-order valence-corrected chi connectivity index (χ1v) is 8.49. The van der Waals surface area contributed by atoms with E-state index < -0.39 is 0 Å². The summed E-state index contributed by atoms with van der Waals surface area (Å²) in [5, 5.41) is 13.7. The highest BCUT2D eigenvalue weighted by Crippen LogP contribution is 2.25. The molecule has 1 atom stereocenters. The van der Waals surface area contributed by atoms with Gasteiger partial charge in [0.05, 0.1) is 5.69 Å². The number of benzene rings is 2. The van der Waals surface area contributed by atoms with Gasteiger partial charge in [-0.15, -0.1) is 0 Å². The first-order chi connectivity index (χ1) is 12.2. The minimum Gasteiger partial charge on any atom is -0.396 e. The van der Waals surface area contributed by atoms with Gasteiger partial charge in [0.25, 0.3) is 0 Å². The van der Waals surface area contributed by atoms with E-state index in [9.17, 15) is 5.11 Å². The molecule has 1 aromatic heterocycles. The predicted molar refractivity (Wildman–Crippen MR) is 98.4 cm³/mol. The van der Waals surface area contributed by atoms with Crippen molar-refractivity contribution >= 4 is 0 Å². The molecule has 5 nitrogen and oxygen atoms in total. The first kappa shape index (κ1) is 17.3. The molecule has 0 radical (unpaired) electrons. The van der Waals surface area contributed by atoms with Crippen molar-refractivity contribution in [3.63, 3.8) is 0 Å². The Balaban J connectivity index is 1.77. The van der Waals surface area contributed by atoms with Gasteiger partial charge in [0.2, 0.25) is 0 Å². The van der Waals surface area contributed by atoms with E-state index in [2.05, 4.69) is 59.3 Å². The second-order valence-electron chi connectivity index (χ2n) is 6.31. The molecule has 1 unspecified atom stereocenters. The monoisotopic (exact) mass is 336 g/mol. The van der Waals surface area contributed by atoms with Crippen molar-refractivity contribution in [2.24, 2.45) is 0 Å². The lowest BCUT2D eigenvalue weighted by Gasteiger charge is -2.28. The number of aryl methyl sites for hydroxylation is 1.